The van der Waals surface area contributed by atoms with Crippen LogP contribution in [0.1, 0.15) is 27.2 Å². The van der Waals surface area contributed by atoms with E-state index in [4.69, 9.17) is 0 Å². The van der Waals surface area contributed by atoms with Gasteiger partial charge in [0.2, 0.25) is 0 Å². The number of hydrogen-bond acceptors (Lipinski definition) is 0. The zero-order chi connectivity index (χ0) is 7.11. The van der Waals surface area contributed by atoms with Crippen molar-refractivity contribution in [3.8, 4) is 10.4 Å². The molecule has 0 aromatic rings. The summed E-state index contributed by atoms with van der Waals surface area (Å²) in [4.78, 5) is 2.77. The summed E-state index contributed by atoms with van der Waals surface area (Å²) in [6.45, 7) is 6.68. The molecular formula is C8H15Ga. The molecule has 0 aromatic carbocycles. The molecule has 0 saturated heterocycles. The van der Waals surface area contributed by atoms with Crippen LogP contribution in [0.15, 0.2) is 0 Å². The van der Waals surface area contributed by atoms with E-state index in [0.29, 0.717) is 0 Å². The van der Waals surface area contributed by atoms with Crippen LogP contribution in [0.4, 0.5) is 0 Å². The van der Waals surface area contributed by atoms with Crippen LogP contribution in [0.25, 0.3) is 0 Å². The zero-order valence-electron chi connectivity index (χ0n) is 6.70. The first-order valence-corrected chi connectivity index (χ1v) is 8.47. The first-order chi connectivity index (χ1) is 4.35. The fourth-order valence-electron chi connectivity index (χ4n) is 0.739. The third-order valence-corrected chi connectivity index (χ3v) is 6.89. The Hall–Kier alpha value is 0.196. The van der Waals surface area contributed by atoms with Crippen LogP contribution in [0.3, 0.4) is 0 Å². The van der Waals surface area contributed by atoms with Gasteiger partial charge in [-0.25, -0.2) is 0 Å². The van der Waals surface area contributed by atoms with Gasteiger partial charge < -0.3 is 0 Å². The van der Waals surface area contributed by atoms with E-state index >= 15 is 0 Å². The van der Waals surface area contributed by atoms with E-state index in [2.05, 4.69) is 31.2 Å². The van der Waals surface area contributed by atoms with E-state index in [1.807, 2.05) is 0 Å². The summed E-state index contributed by atoms with van der Waals surface area (Å²) in [6, 6.07) is 0. The first-order valence-electron chi connectivity index (χ1n) is 3.83. The monoisotopic (exact) mass is 180 g/mol. The maximum absolute atomic E-state index is 3.41. The molecule has 0 fully saturated rings. The van der Waals surface area contributed by atoms with Crippen LogP contribution in [0.2, 0.25) is 9.95 Å². The molecule has 0 N–H and O–H groups in total. The zero-order valence-corrected chi connectivity index (χ0v) is 9.12. The molecule has 0 atom stereocenters. The molecule has 50 valence electrons. The Balaban J connectivity index is 3.54. The second-order valence-corrected chi connectivity index (χ2v) is 9.14. The summed E-state index contributed by atoms with van der Waals surface area (Å²) < 4.78 is 3.41. The summed E-state index contributed by atoms with van der Waals surface area (Å²) >= 11 is -0.996. The number of rotatable bonds is 2. The molecule has 0 bridgehead atoms. The van der Waals surface area contributed by atoms with E-state index in [9.17, 15) is 0 Å². The van der Waals surface area contributed by atoms with Crippen LogP contribution in [-0.2, 0) is 0 Å². The van der Waals surface area contributed by atoms with E-state index in [1.165, 1.54) is 9.95 Å². The van der Waals surface area contributed by atoms with Gasteiger partial charge in [0.15, 0.2) is 0 Å². The van der Waals surface area contributed by atoms with Gasteiger partial charge >= 0.3 is 63.8 Å². The maximum atomic E-state index is 3.41. The molecule has 0 aliphatic rings. The fourth-order valence-corrected chi connectivity index (χ4v) is 3.84. The molecule has 0 spiro atoms. The van der Waals surface area contributed by atoms with Crippen LogP contribution in [0, 0.1) is 10.4 Å². The van der Waals surface area contributed by atoms with Crippen molar-refractivity contribution in [2.75, 3.05) is 0 Å². The summed E-state index contributed by atoms with van der Waals surface area (Å²) in [5.41, 5.74) is 0. The second-order valence-electron chi connectivity index (χ2n) is 2.19. The van der Waals surface area contributed by atoms with Gasteiger partial charge in [-0.05, 0) is 0 Å². The molecule has 1 heteroatoms. The van der Waals surface area contributed by atoms with E-state index in [-0.39, 0.29) is 0 Å². The molecule has 0 aromatic heterocycles. The predicted octanol–water partition coefficient (Wildman–Crippen LogP) is 2.47. The molecular weight excluding hydrogens is 166 g/mol. The summed E-state index contributed by atoms with van der Waals surface area (Å²) in [5.74, 6) is 3.18. The third kappa shape index (κ3) is 4.68. The van der Waals surface area contributed by atoms with Gasteiger partial charge in [-0.15, -0.1) is 0 Å². The van der Waals surface area contributed by atoms with E-state index < -0.39 is 16.2 Å². The van der Waals surface area contributed by atoms with Crippen molar-refractivity contribution in [2.24, 2.45) is 0 Å². The van der Waals surface area contributed by atoms with Crippen molar-refractivity contribution in [3.05, 3.63) is 0 Å². The minimum absolute atomic E-state index is 0.996. The van der Waals surface area contributed by atoms with Crippen LogP contribution in [0.5, 0.6) is 0 Å². The van der Waals surface area contributed by atoms with Gasteiger partial charge in [-0.3, -0.25) is 0 Å². The Labute approximate surface area is 64.1 Å². The van der Waals surface area contributed by atoms with Gasteiger partial charge in [-0.2, -0.15) is 0 Å². The molecule has 0 aliphatic heterocycles. The van der Waals surface area contributed by atoms with Gasteiger partial charge in [0.05, 0.1) is 0 Å². The van der Waals surface area contributed by atoms with Crippen LogP contribution in [-0.4, -0.2) is 16.2 Å². The molecule has 0 aliphatic carbocycles. The van der Waals surface area contributed by atoms with E-state index in [0.717, 1.165) is 6.42 Å². The Morgan fingerprint density at radius 2 is 1.67 bits per heavy atom. The van der Waals surface area contributed by atoms with E-state index in [1.54, 1.807) is 0 Å². The summed E-state index contributed by atoms with van der Waals surface area (Å²) in [7, 11) is 0. The first kappa shape index (κ1) is 9.20. The number of hydrogen-bond donors (Lipinski definition) is 0. The Morgan fingerprint density at radius 1 is 1.11 bits per heavy atom. The quantitative estimate of drug-likeness (QED) is 0.453. The Morgan fingerprint density at radius 3 is 2.00 bits per heavy atom. The average molecular weight is 181 g/mol. The summed E-state index contributed by atoms with van der Waals surface area (Å²) in [6.07, 6.45) is 1.04. The van der Waals surface area contributed by atoms with Crippen molar-refractivity contribution >= 4 is 16.2 Å². The molecule has 0 amide bonds. The average Bonchev–Trinajstić information content (AvgIpc) is 1.91. The SMILES string of the molecule is CCC#[C][Ga]([CH2]C)[CH2]C. The van der Waals surface area contributed by atoms with Crippen molar-refractivity contribution in [2.45, 2.75) is 37.1 Å². The molecule has 0 unspecified atom stereocenters. The van der Waals surface area contributed by atoms with Gasteiger partial charge in [0.1, 0.15) is 0 Å². The Kier molecular flexibility index (Phi) is 6.46. The molecule has 0 heterocycles. The summed E-state index contributed by atoms with van der Waals surface area (Å²) in [5, 5.41) is 0. The molecule has 0 radical (unpaired) electrons. The van der Waals surface area contributed by atoms with Gasteiger partial charge in [-0.1, -0.05) is 0 Å². The van der Waals surface area contributed by atoms with Crippen molar-refractivity contribution in [1.82, 2.24) is 0 Å². The van der Waals surface area contributed by atoms with Crippen molar-refractivity contribution in [1.29, 1.82) is 0 Å². The molecule has 0 rings (SSSR count). The fraction of sp³-hybridized carbons (Fsp3) is 0.750. The minimum atomic E-state index is -0.996. The normalized spacial score (nSPS) is 7.89. The second kappa shape index (κ2) is 6.32. The molecule has 9 heavy (non-hydrogen) atoms. The van der Waals surface area contributed by atoms with Gasteiger partial charge in [0.25, 0.3) is 0 Å². The third-order valence-electron chi connectivity index (χ3n) is 1.47. The Bertz CT molecular complexity index is 103. The molecule has 0 nitrogen and oxygen atoms in total. The van der Waals surface area contributed by atoms with Crippen LogP contribution < -0.4 is 0 Å². The predicted molar refractivity (Wildman–Crippen MR) is 44.8 cm³/mol. The van der Waals surface area contributed by atoms with Crippen molar-refractivity contribution < 1.29 is 0 Å². The van der Waals surface area contributed by atoms with Crippen molar-refractivity contribution in [3.63, 3.8) is 0 Å². The topological polar surface area (TPSA) is 0 Å². The molecule has 0 saturated carbocycles. The van der Waals surface area contributed by atoms with Crippen LogP contribution >= 0.6 is 0 Å². The van der Waals surface area contributed by atoms with Gasteiger partial charge in [0, 0.05) is 0 Å². The standard InChI is InChI=1S/C4H5.2C2H5.Ga/c1-3-4-2;2*1-2;/h3H2,1H3;2*1H2,2H3;.